The van der Waals surface area contributed by atoms with Gasteiger partial charge in [-0.05, 0) is 93.2 Å². The van der Waals surface area contributed by atoms with Crippen molar-refractivity contribution in [2.75, 3.05) is 0 Å². The molecule has 0 saturated heterocycles. The van der Waals surface area contributed by atoms with Crippen molar-refractivity contribution in [1.29, 1.82) is 0 Å². The second-order valence-corrected chi connectivity index (χ2v) is 15.1. The van der Waals surface area contributed by atoms with Crippen LogP contribution in [0.1, 0.15) is 0 Å². The van der Waals surface area contributed by atoms with Crippen LogP contribution in [-0.2, 0) is 0 Å². The number of aromatic nitrogens is 3. The van der Waals surface area contributed by atoms with E-state index in [2.05, 4.69) is 140 Å². The standard InChI is InChI=1S/C55H33N3O2/c1-4-14-34(15-5-1)40-32-43(38-25-27-49-45(30-38)52-41-21-11-10-16-35(41)24-29-50(52)60-49)51(36-17-6-2-7-18-36)46(33-40)55-57-53(37-19-8-3-9-20-37)56-54(58-55)39-26-28-48-44(31-39)42-22-12-13-23-47(42)59-48/h1-33H. The number of nitrogens with zero attached hydrogens (tertiary/aromatic N) is 3. The first-order valence-corrected chi connectivity index (χ1v) is 20.1. The third kappa shape index (κ3) is 5.67. The lowest BCUT2D eigenvalue weighted by atomic mass is 9.86. The van der Waals surface area contributed by atoms with Crippen LogP contribution < -0.4 is 0 Å². The molecule has 0 N–H and O–H groups in total. The fraction of sp³-hybridized carbons (Fsp3) is 0. The highest BCUT2D eigenvalue weighted by Crippen LogP contribution is 2.45. The first-order chi connectivity index (χ1) is 29.7. The molecule has 3 heterocycles. The molecule has 0 fully saturated rings. The van der Waals surface area contributed by atoms with Crippen LogP contribution in [0.4, 0.5) is 0 Å². The van der Waals surface area contributed by atoms with Gasteiger partial charge in [-0.25, -0.2) is 15.0 Å². The van der Waals surface area contributed by atoms with Gasteiger partial charge in [-0.1, -0.05) is 146 Å². The first kappa shape index (κ1) is 33.9. The van der Waals surface area contributed by atoms with Crippen LogP contribution >= 0.6 is 0 Å². The lowest BCUT2D eigenvalue weighted by molar-refractivity contribution is 0.668. The maximum atomic E-state index is 6.48. The van der Waals surface area contributed by atoms with Gasteiger partial charge in [-0.2, -0.15) is 0 Å². The minimum Gasteiger partial charge on any atom is -0.456 e. The zero-order valence-electron chi connectivity index (χ0n) is 32.2. The molecule has 0 aliphatic heterocycles. The monoisotopic (exact) mass is 767 g/mol. The van der Waals surface area contributed by atoms with Gasteiger partial charge in [0.25, 0.3) is 0 Å². The summed E-state index contributed by atoms with van der Waals surface area (Å²) in [5.41, 5.74) is 12.4. The van der Waals surface area contributed by atoms with Crippen LogP contribution in [0.25, 0.3) is 122 Å². The van der Waals surface area contributed by atoms with Crippen LogP contribution in [0, 0.1) is 0 Å². The summed E-state index contributed by atoms with van der Waals surface area (Å²) in [6.07, 6.45) is 0. The first-order valence-electron chi connectivity index (χ1n) is 20.1. The number of hydrogen-bond donors (Lipinski definition) is 0. The Labute approximate surface area is 344 Å². The largest absolute Gasteiger partial charge is 0.456 e. The maximum Gasteiger partial charge on any atom is 0.164 e. The van der Waals surface area contributed by atoms with Gasteiger partial charge in [0.2, 0.25) is 0 Å². The lowest BCUT2D eigenvalue weighted by Crippen LogP contribution is -2.02. The molecule has 5 nitrogen and oxygen atoms in total. The summed E-state index contributed by atoms with van der Waals surface area (Å²) in [4.78, 5) is 15.8. The molecule has 0 bridgehead atoms. The molecule has 12 aromatic rings. The van der Waals surface area contributed by atoms with E-state index < -0.39 is 0 Å². The summed E-state index contributed by atoms with van der Waals surface area (Å²) in [7, 11) is 0. The highest BCUT2D eigenvalue weighted by molar-refractivity contribution is 6.19. The Morgan fingerprint density at radius 1 is 0.283 bits per heavy atom. The molecule has 0 amide bonds. The van der Waals surface area contributed by atoms with Gasteiger partial charge in [0.05, 0.1) is 0 Å². The molecule has 280 valence electrons. The topological polar surface area (TPSA) is 65.0 Å². The number of para-hydroxylation sites is 1. The molecule has 60 heavy (non-hydrogen) atoms. The predicted molar refractivity (Wildman–Crippen MR) is 245 cm³/mol. The number of fused-ring (bicyclic) bond motifs is 8. The minimum atomic E-state index is 0.578. The van der Waals surface area contributed by atoms with E-state index in [1.807, 2.05) is 60.7 Å². The highest BCUT2D eigenvalue weighted by atomic mass is 16.3. The number of benzene rings is 9. The van der Waals surface area contributed by atoms with Gasteiger partial charge in [0.15, 0.2) is 17.5 Å². The summed E-state index contributed by atoms with van der Waals surface area (Å²) in [6.45, 7) is 0. The Hall–Kier alpha value is -8.15. The van der Waals surface area contributed by atoms with E-state index in [1.54, 1.807) is 0 Å². The molecule has 9 aromatic carbocycles. The molecule has 0 radical (unpaired) electrons. The molecular weight excluding hydrogens is 735 g/mol. The van der Waals surface area contributed by atoms with E-state index in [9.17, 15) is 0 Å². The zero-order chi connectivity index (χ0) is 39.6. The average molecular weight is 768 g/mol. The minimum absolute atomic E-state index is 0.578. The van der Waals surface area contributed by atoms with Crippen molar-refractivity contribution in [3.05, 3.63) is 200 Å². The molecule has 0 aliphatic rings. The van der Waals surface area contributed by atoms with Crippen molar-refractivity contribution in [3.63, 3.8) is 0 Å². The Morgan fingerprint density at radius 3 is 1.60 bits per heavy atom. The van der Waals surface area contributed by atoms with E-state index in [0.717, 1.165) is 93.9 Å². The molecule has 0 saturated carbocycles. The van der Waals surface area contributed by atoms with E-state index >= 15 is 0 Å². The van der Waals surface area contributed by atoms with Crippen LogP contribution in [0.2, 0.25) is 0 Å². The molecule has 3 aromatic heterocycles. The van der Waals surface area contributed by atoms with Crippen molar-refractivity contribution >= 4 is 54.6 Å². The molecule has 0 spiro atoms. The Morgan fingerprint density at radius 2 is 0.817 bits per heavy atom. The molecule has 0 aliphatic carbocycles. The smallest absolute Gasteiger partial charge is 0.164 e. The molecular formula is C55H33N3O2. The third-order valence-corrected chi connectivity index (χ3v) is 11.5. The van der Waals surface area contributed by atoms with Gasteiger partial charge < -0.3 is 8.83 Å². The SMILES string of the molecule is c1ccc(-c2cc(-c3ccc4oc5ccc6ccccc6c5c4c3)c(-c3ccccc3)c(-c3nc(-c4ccccc4)nc(-c4ccc5oc6ccccc6c5c4)n3)c2)cc1. The molecule has 12 rings (SSSR count). The average Bonchev–Trinajstić information content (AvgIpc) is 3.90. The Balaban J connectivity index is 1.16. The summed E-state index contributed by atoms with van der Waals surface area (Å²) in [5, 5.41) is 6.59. The second-order valence-electron chi connectivity index (χ2n) is 15.1. The van der Waals surface area contributed by atoms with E-state index in [0.29, 0.717) is 17.5 Å². The highest BCUT2D eigenvalue weighted by Gasteiger charge is 2.22. The van der Waals surface area contributed by atoms with E-state index in [4.69, 9.17) is 23.8 Å². The van der Waals surface area contributed by atoms with Gasteiger partial charge in [-0.15, -0.1) is 0 Å². The predicted octanol–water partition coefficient (Wildman–Crippen LogP) is 14.8. The van der Waals surface area contributed by atoms with Crippen molar-refractivity contribution in [1.82, 2.24) is 15.0 Å². The van der Waals surface area contributed by atoms with Crippen LogP contribution in [0.3, 0.4) is 0 Å². The summed E-state index contributed by atoms with van der Waals surface area (Å²) >= 11 is 0. The van der Waals surface area contributed by atoms with Gasteiger partial charge >= 0.3 is 0 Å². The normalized spacial score (nSPS) is 11.7. The lowest BCUT2D eigenvalue weighted by Gasteiger charge is -2.19. The van der Waals surface area contributed by atoms with E-state index in [-0.39, 0.29) is 0 Å². The maximum absolute atomic E-state index is 6.48. The van der Waals surface area contributed by atoms with Gasteiger partial charge in [0, 0.05) is 43.8 Å². The van der Waals surface area contributed by atoms with Crippen molar-refractivity contribution in [3.8, 4) is 67.5 Å². The van der Waals surface area contributed by atoms with Crippen molar-refractivity contribution in [2.24, 2.45) is 0 Å². The number of rotatable bonds is 6. The molecule has 5 heteroatoms. The van der Waals surface area contributed by atoms with Crippen LogP contribution in [-0.4, -0.2) is 15.0 Å². The fourth-order valence-electron chi connectivity index (χ4n) is 8.68. The number of furan rings is 2. The summed E-state index contributed by atoms with van der Waals surface area (Å²) in [6, 6.07) is 69.4. The molecule has 0 unspecified atom stereocenters. The fourth-order valence-corrected chi connectivity index (χ4v) is 8.68. The van der Waals surface area contributed by atoms with Crippen LogP contribution in [0.5, 0.6) is 0 Å². The van der Waals surface area contributed by atoms with Gasteiger partial charge in [0.1, 0.15) is 22.3 Å². The quantitative estimate of drug-likeness (QED) is 0.169. The zero-order valence-corrected chi connectivity index (χ0v) is 32.2. The van der Waals surface area contributed by atoms with Crippen molar-refractivity contribution < 1.29 is 8.83 Å². The van der Waals surface area contributed by atoms with Gasteiger partial charge in [-0.3, -0.25) is 0 Å². The third-order valence-electron chi connectivity index (χ3n) is 11.5. The number of hydrogen-bond acceptors (Lipinski definition) is 5. The summed E-state index contributed by atoms with van der Waals surface area (Å²) in [5.74, 6) is 1.75. The molecule has 0 atom stereocenters. The Bertz CT molecular complexity index is 3590. The Kier molecular flexibility index (Phi) is 7.78. The second kappa shape index (κ2) is 13.8. The van der Waals surface area contributed by atoms with E-state index in [1.165, 1.54) is 10.8 Å². The van der Waals surface area contributed by atoms with Crippen LogP contribution in [0.15, 0.2) is 209 Å². The van der Waals surface area contributed by atoms with Crippen molar-refractivity contribution in [2.45, 2.75) is 0 Å². The summed E-state index contributed by atoms with van der Waals surface area (Å²) < 4.78 is 12.7.